The molecule has 1 aliphatic rings. The lowest BCUT2D eigenvalue weighted by Gasteiger charge is -2.01. The number of aromatic nitrogens is 2. The molecule has 0 bridgehead atoms. The van der Waals surface area contributed by atoms with E-state index < -0.39 is 0 Å². The van der Waals surface area contributed by atoms with Gasteiger partial charge in [0.05, 0.1) is 10.7 Å². The summed E-state index contributed by atoms with van der Waals surface area (Å²) in [7, 11) is 0. The number of hydrogen-bond acceptors (Lipinski definition) is 5. The Morgan fingerprint density at radius 3 is 3.05 bits per heavy atom. The normalized spacial score (nSPS) is 18.9. The van der Waals surface area contributed by atoms with Crippen LogP contribution in [0.4, 0.5) is 5.69 Å². The Morgan fingerprint density at radius 1 is 1.42 bits per heavy atom. The molecule has 1 saturated heterocycles. The van der Waals surface area contributed by atoms with E-state index in [1.165, 1.54) is 0 Å². The minimum Gasteiger partial charge on any atom is -0.398 e. The van der Waals surface area contributed by atoms with Crippen molar-refractivity contribution >= 4 is 17.3 Å². The van der Waals surface area contributed by atoms with E-state index in [0.717, 1.165) is 31.6 Å². The molecule has 0 amide bonds. The minimum atomic E-state index is 0.468. The highest BCUT2D eigenvalue weighted by atomic mass is 35.5. The van der Waals surface area contributed by atoms with Crippen LogP contribution < -0.4 is 5.73 Å². The van der Waals surface area contributed by atoms with Gasteiger partial charge < -0.3 is 15.0 Å². The molecule has 1 aromatic heterocycles. The molecule has 1 unspecified atom stereocenters. The monoisotopic (exact) mass is 279 g/mol. The first kappa shape index (κ1) is 12.4. The molecule has 5 nitrogen and oxygen atoms in total. The van der Waals surface area contributed by atoms with Gasteiger partial charge in [-0.3, -0.25) is 0 Å². The van der Waals surface area contributed by atoms with Crippen molar-refractivity contribution in [1.29, 1.82) is 0 Å². The van der Waals surface area contributed by atoms with Crippen LogP contribution in [0.15, 0.2) is 22.7 Å². The Morgan fingerprint density at radius 2 is 2.32 bits per heavy atom. The molecule has 100 valence electrons. The van der Waals surface area contributed by atoms with Crippen molar-refractivity contribution in [3.63, 3.8) is 0 Å². The largest absolute Gasteiger partial charge is 0.398 e. The van der Waals surface area contributed by atoms with Crippen LogP contribution in [0.5, 0.6) is 0 Å². The topological polar surface area (TPSA) is 74.2 Å². The summed E-state index contributed by atoms with van der Waals surface area (Å²) in [5, 5.41) is 4.48. The lowest BCUT2D eigenvalue weighted by Crippen LogP contribution is -2.04. The number of hydrogen-bond donors (Lipinski definition) is 1. The predicted octanol–water partition coefficient (Wildman–Crippen LogP) is 2.55. The number of nitrogen functional groups attached to an aromatic ring is 1. The molecular weight excluding hydrogens is 266 g/mol. The first-order valence-electron chi connectivity index (χ1n) is 6.18. The lowest BCUT2D eigenvalue weighted by molar-refractivity contribution is 0.185. The number of ether oxygens (including phenoxy) is 1. The Kier molecular flexibility index (Phi) is 3.40. The van der Waals surface area contributed by atoms with E-state index in [0.29, 0.717) is 28.3 Å². The lowest BCUT2D eigenvalue weighted by atomic mass is 10.1. The smallest absolute Gasteiger partial charge is 0.257 e. The van der Waals surface area contributed by atoms with Crippen LogP contribution in [-0.4, -0.2) is 23.4 Å². The molecule has 2 N–H and O–H groups in total. The summed E-state index contributed by atoms with van der Waals surface area (Å²) in [6.45, 7) is 1.60. The molecule has 6 heteroatoms. The Bertz CT molecular complexity index is 579. The van der Waals surface area contributed by atoms with Crippen LogP contribution in [0.1, 0.15) is 12.2 Å². The van der Waals surface area contributed by atoms with E-state index >= 15 is 0 Å². The molecule has 1 fully saturated rings. The van der Waals surface area contributed by atoms with Crippen LogP contribution in [0.3, 0.4) is 0 Å². The maximum absolute atomic E-state index is 5.98. The summed E-state index contributed by atoms with van der Waals surface area (Å²) in [5.41, 5.74) is 6.98. The third kappa shape index (κ3) is 2.72. The molecule has 1 aromatic carbocycles. The minimum absolute atomic E-state index is 0.468. The van der Waals surface area contributed by atoms with Crippen LogP contribution in [-0.2, 0) is 11.2 Å². The molecule has 1 aliphatic heterocycles. The SMILES string of the molecule is Nc1ccc(-c2nc(CC3CCOC3)no2)cc1Cl. The zero-order chi connectivity index (χ0) is 13.2. The van der Waals surface area contributed by atoms with Gasteiger partial charge in [-0.05, 0) is 30.5 Å². The first-order valence-corrected chi connectivity index (χ1v) is 6.56. The molecule has 0 radical (unpaired) electrons. The van der Waals surface area contributed by atoms with E-state index in [1.807, 2.05) is 6.07 Å². The van der Waals surface area contributed by atoms with Gasteiger partial charge in [-0.2, -0.15) is 4.98 Å². The van der Waals surface area contributed by atoms with Crippen LogP contribution >= 0.6 is 11.6 Å². The van der Waals surface area contributed by atoms with Crippen molar-refractivity contribution in [1.82, 2.24) is 10.1 Å². The van der Waals surface area contributed by atoms with Crippen molar-refractivity contribution in [2.24, 2.45) is 5.92 Å². The highest BCUT2D eigenvalue weighted by molar-refractivity contribution is 6.33. The zero-order valence-electron chi connectivity index (χ0n) is 10.3. The van der Waals surface area contributed by atoms with Crippen molar-refractivity contribution < 1.29 is 9.26 Å². The van der Waals surface area contributed by atoms with E-state index in [9.17, 15) is 0 Å². The second-order valence-corrected chi connectivity index (χ2v) is 5.09. The average molecular weight is 280 g/mol. The van der Waals surface area contributed by atoms with Gasteiger partial charge in [0, 0.05) is 25.2 Å². The molecule has 19 heavy (non-hydrogen) atoms. The van der Waals surface area contributed by atoms with E-state index in [2.05, 4.69) is 10.1 Å². The third-order valence-electron chi connectivity index (χ3n) is 3.21. The van der Waals surface area contributed by atoms with Crippen LogP contribution in [0.25, 0.3) is 11.5 Å². The standard InChI is InChI=1S/C13H14ClN3O2/c14-10-6-9(1-2-11(10)15)13-16-12(17-19-13)5-8-3-4-18-7-8/h1-2,6,8H,3-5,7,15H2. The maximum Gasteiger partial charge on any atom is 0.257 e. The fourth-order valence-corrected chi connectivity index (χ4v) is 2.30. The summed E-state index contributed by atoms with van der Waals surface area (Å²) in [6.07, 6.45) is 1.84. The predicted molar refractivity (Wildman–Crippen MR) is 71.8 cm³/mol. The molecule has 0 spiro atoms. The highest BCUT2D eigenvalue weighted by Crippen LogP contribution is 2.26. The summed E-state index contributed by atoms with van der Waals surface area (Å²) >= 11 is 5.98. The summed E-state index contributed by atoms with van der Waals surface area (Å²) in [4.78, 5) is 4.38. The van der Waals surface area contributed by atoms with Crippen molar-refractivity contribution in [2.75, 3.05) is 18.9 Å². The number of halogens is 1. The first-order chi connectivity index (χ1) is 9.22. The van der Waals surface area contributed by atoms with Gasteiger partial charge in [0.1, 0.15) is 0 Å². The molecular formula is C13H14ClN3O2. The zero-order valence-corrected chi connectivity index (χ0v) is 11.1. The molecule has 3 rings (SSSR count). The summed E-state index contributed by atoms with van der Waals surface area (Å²) in [5.74, 6) is 1.66. The maximum atomic E-state index is 5.98. The van der Waals surface area contributed by atoms with Gasteiger partial charge in [-0.25, -0.2) is 0 Å². The highest BCUT2D eigenvalue weighted by Gasteiger charge is 2.19. The number of nitrogens with zero attached hydrogens (tertiary/aromatic N) is 2. The van der Waals surface area contributed by atoms with E-state index in [4.69, 9.17) is 26.6 Å². The number of nitrogens with two attached hydrogens (primary N) is 1. The molecule has 1 atom stereocenters. The van der Waals surface area contributed by atoms with E-state index in [-0.39, 0.29) is 0 Å². The molecule has 2 heterocycles. The Hall–Kier alpha value is -1.59. The van der Waals surface area contributed by atoms with Gasteiger partial charge in [0.15, 0.2) is 5.82 Å². The fraction of sp³-hybridized carbons (Fsp3) is 0.385. The second-order valence-electron chi connectivity index (χ2n) is 4.69. The number of rotatable bonds is 3. The summed E-state index contributed by atoms with van der Waals surface area (Å²) in [6, 6.07) is 5.27. The third-order valence-corrected chi connectivity index (χ3v) is 3.54. The van der Waals surface area contributed by atoms with E-state index in [1.54, 1.807) is 12.1 Å². The Balaban J connectivity index is 1.78. The van der Waals surface area contributed by atoms with Crippen molar-refractivity contribution in [2.45, 2.75) is 12.8 Å². The quantitative estimate of drug-likeness (QED) is 0.874. The van der Waals surface area contributed by atoms with Gasteiger partial charge in [-0.1, -0.05) is 16.8 Å². The van der Waals surface area contributed by atoms with Gasteiger partial charge in [0.25, 0.3) is 5.89 Å². The average Bonchev–Trinajstić information content (AvgIpc) is 3.05. The molecule has 2 aromatic rings. The fourth-order valence-electron chi connectivity index (χ4n) is 2.12. The van der Waals surface area contributed by atoms with Crippen molar-refractivity contribution in [3.8, 4) is 11.5 Å². The van der Waals surface area contributed by atoms with Crippen LogP contribution in [0.2, 0.25) is 5.02 Å². The second kappa shape index (κ2) is 5.19. The van der Waals surface area contributed by atoms with Crippen molar-refractivity contribution in [3.05, 3.63) is 29.0 Å². The van der Waals surface area contributed by atoms with Crippen LogP contribution in [0, 0.1) is 5.92 Å². The molecule has 0 aliphatic carbocycles. The molecule has 0 saturated carbocycles. The van der Waals surface area contributed by atoms with Gasteiger partial charge >= 0.3 is 0 Å². The van der Waals surface area contributed by atoms with Gasteiger partial charge in [-0.15, -0.1) is 0 Å². The summed E-state index contributed by atoms with van der Waals surface area (Å²) < 4.78 is 10.6. The number of anilines is 1. The number of benzene rings is 1. The van der Waals surface area contributed by atoms with Gasteiger partial charge in [0.2, 0.25) is 0 Å². The Labute approximate surface area is 115 Å².